The predicted octanol–water partition coefficient (Wildman–Crippen LogP) is 4.26. The van der Waals surface area contributed by atoms with Crippen LogP contribution < -0.4 is 4.74 Å². The smallest absolute Gasteiger partial charge is 0.176 e. The summed E-state index contributed by atoms with van der Waals surface area (Å²) >= 11 is 0. The first kappa shape index (κ1) is 14.1. The van der Waals surface area contributed by atoms with Crippen LogP contribution in [-0.4, -0.2) is 10.4 Å². The number of ether oxygens (including phenoxy) is 1. The van der Waals surface area contributed by atoms with Crippen LogP contribution in [0, 0.1) is 0 Å². The summed E-state index contributed by atoms with van der Waals surface area (Å²) in [5, 5.41) is 0. The minimum absolute atomic E-state index is 0.0504. The van der Waals surface area contributed by atoms with E-state index in [0.717, 1.165) is 17.0 Å². The second kappa shape index (κ2) is 6.31. The van der Waals surface area contributed by atoms with Crippen LogP contribution in [0.15, 0.2) is 72.9 Å². The molecule has 0 aliphatic rings. The SMILES string of the molecule is CC(=O)c1cccn1-c1ccc(OCc2ccccc2)cc1. The van der Waals surface area contributed by atoms with Gasteiger partial charge in [0.2, 0.25) is 0 Å². The third-order valence-corrected chi connectivity index (χ3v) is 3.47. The van der Waals surface area contributed by atoms with Crippen LogP contribution in [0.25, 0.3) is 5.69 Å². The highest BCUT2D eigenvalue weighted by molar-refractivity contribution is 5.93. The zero-order valence-corrected chi connectivity index (χ0v) is 12.4. The third kappa shape index (κ3) is 3.09. The van der Waals surface area contributed by atoms with Gasteiger partial charge in [-0.25, -0.2) is 0 Å². The predicted molar refractivity (Wildman–Crippen MR) is 86.5 cm³/mol. The highest BCUT2D eigenvalue weighted by atomic mass is 16.5. The Morgan fingerprint density at radius 3 is 2.36 bits per heavy atom. The van der Waals surface area contributed by atoms with E-state index in [2.05, 4.69) is 0 Å². The van der Waals surface area contributed by atoms with Crippen LogP contribution in [0.1, 0.15) is 23.0 Å². The van der Waals surface area contributed by atoms with Gasteiger partial charge in [0.1, 0.15) is 12.4 Å². The topological polar surface area (TPSA) is 31.2 Å². The minimum atomic E-state index is 0.0504. The molecule has 0 saturated heterocycles. The lowest BCUT2D eigenvalue weighted by atomic mass is 10.2. The van der Waals surface area contributed by atoms with Gasteiger partial charge in [0.15, 0.2) is 5.78 Å². The van der Waals surface area contributed by atoms with E-state index in [4.69, 9.17) is 4.74 Å². The van der Waals surface area contributed by atoms with Crippen molar-refractivity contribution in [3.63, 3.8) is 0 Å². The Morgan fingerprint density at radius 1 is 0.955 bits per heavy atom. The highest BCUT2D eigenvalue weighted by Crippen LogP contribution is 2.19. The average Bonchev–Trinajstić information content (AvgIpc) is 3.04. The fourth-order valence-electron chi connectivity index (χ4n) is 2.34. The zero-order valence-electron chi connectivity index (χ0n) is 12.4. The Labute approximate surface area is 129 Å². The summed E-state index contributed by atoms with van der Waals surface area (Å²) in [4.78, 5) is 11.6. The number of Topliss-reactive ketones (excluding diaryl/α,β-unsaturated/α-hetero) is 1. The van der Waals surface area contributed by atoms with Gasteiger partial charge in [-0.05, 0) is 42.0 Å². The van der Waals surface area contributed by atoms with Gasteiger partial charge in [-0.2, -0.15) is 0 Å². The van der Waals surface area contributed by atoms with Gasteiger partial charge in [0.25, 0.3) is 0 Å². The maximum Gasteiger partial charge on any atom is 0.176 e. The molecule has 110 valence electrons. The van der Waals surface area contributed by atoms with Gasteiger partial charge in [0, 0.05) is 18.8 Å². The first-order valence-electron chi connectivity index (χ1n) is 7.19. The summed E-state index contributed by atoms with van der Waals surface area (Å²) in [6, 6.07) is 21.5. The molecule has 2 aromatic carbocycles. The van der Waals surface area contributed by atoms with Gasteiger partial charge in [-0.1, -0.05) is 30.3 Å². The first-order valence-corrected chi connectivity index (χ1v) is 7.19. The number of benzene rings is 2. The summed E-state index contributed by atoms with van der Waals surface area (Å²) < 4.78 is 7.64. The fourth-order valence-corrected chi connectivity index (χ4v) is 2.34. The number of ketones is 1. The molecule has 0 fully saturated rings. The van der Waals surface area contributed by atoms with Crippen molar-refractivity contribution in [3.05, 3.63) is 84.2 Å². The van der Waals surface area contributed by atoms with Crippen LogP contribution in [0.3, 0.4) is 0 Å². The maximum absolute atomic E-state index is 11.6. The molecule has 0 spiro atoms. The monoisotopic (exact) mass is 291 g/mol. The molecule has 0 aliphatic carbocycles. The molecule has 0 bridgehead atoms. The summed E-state index contributed by atoms with van der Waals surface area (Å²) in [5.74, 6) is 0.860. The average molecular weight is 291 g/mol. The van der Waals surface area contributed by atoms with E-state index in [1.165, 1.54) is 0 Å². The van der Waals surface area contributed by atoms with Gasteiger partial charge < -0.3 is 9.30 Å². The van der Waals surface area contributed by atoms with Crippen molar-refractivity contribution in [2.75, 3.05) is 0 Å². The molecule has 0 aliphatic heterocycles. The summed E-state index contributed by atoms with van der Waals surface area (Å²) in [5.41, 5.74) is 2.76. The summed E-state index contributed by atoms with van der Waals surface area (Å²) in [7, 11) is 0. The van der Waals surface area contributed by atoms with Crippen LogP contribution in [-0.2, 0) is 6.61 Å². The third-order valence-electron chi connectivity index (χ3n) is 3.47. The second-order valence-corrected chi connectivity index (χ2v) is 5.09. The van der Waals surface area contributed by atoms with E-state index in [1.807, 2.05) is 77.5 Å². The highest BCUT2D eigenvalue weighted by Gasteiger charge is 2.07. The molecule has 0 atom stereocenters. The standard InChI is InChI=1S/C19H17NO2/c1-15(21)19-8-5-13-20(19)17-9-11-18(12-10-17)22-14-16-6-3-2-4-7-16/h2-13H,14H2,1H3. The van der Waals surface area contributed by atoms with Crippen molar-refractivity contribution in [1.82, 2.24) is 4.57 Å². The molecule has 22 heavy (non-hydrogen) atoms. The Morgan fingerprint density at radius 2 is 1.68 bits per heavy atom. The minimum Gasteiger partial charge on any atom is -0.489 e. The first-order chi connectivity index (χ1) is 10.7. The molecular weight excluding hydrogens is 274 g/mol. The van der Waals surface area contributed by atoms with Gasteiger partial charge >= 0.3 is 0 Å². The second-order valence-electron chi connectivity index (χ2n) is 5.09. The molecular formula is C19H17NO2. The molecule has 0 unspecified atom stereocenters. The Bertz CT molecular complexity index is 758. The van der Waals surface area contributed by atoms with Crippen LogP contribution in [0.2, 0.25) is 0 Å². The molecule has 1 aromatic heterocycles. The molecule has 0 N–H and O–H groups in total. The zero-order chi connectivity index (χ0) is 15.4. The number of hydrogen-bond donors (Lipinski definition) is 0. The normalized spacial score (nSPS) is 10.4. The van der Waals surface area contributed by atoms with Crippen LogP contribution in [0.5, 0.6) is 5.75 Å². The summed E-state index contributed by atoms with van der Waals surface area (Å²) in [6.07, 6.45) is 1.89. The largest absolute Gasteiger partial charge is 0.489 e. The van der Waals surface area contributed by atoms with Crippen molar-refractivity contribution < 1.29 is 9.53 Å². The Balaban J connectivity index is 1.73. The fraction of sp³-hybridized carbons (Fsp3) is 0.105. The number of carbonyl (C=O) groups is 1. The van der Waals surface area contributed by atoms with Gasteiger partial charge in [-0.15, -0.1) is 0 Å². The van der Waals surface area contributed by atoms with E-state index in [1.54, 1.807) is 6.92 Å². The molecule has 0 saturated carbocycles. The lowest BCUT2D eigenvalue weighted by Gasteiger charge is -2.10. The van der Waals surface area contributed by atoms with E-state index >= 15 is 0 Å². The number of carbonyl (C=O) groups excluding carboxylic acids is 1. The Hall–Kier alpha value is -2.81. The maximum atomic E-state index is 11.6. The van der Waals surface area contributed by atoms with Crippen molar-refractivity contribution in [2.45, 2.75) is 13.5 Å². The van der Waals surface area contributed by atoms with E-state index in [0.29, 0.717) is 12.3 Å². The summed E-state index contributed by atoms with van der Waals surface area (Å²) in [6.45, 7) is 2.12. The lowest BCUT2D eigenvalue weighted by molar-refractivity contribution is 0.101. The molecule has 0 amide bonds. The Kier molecular flexibility index (Phi) is 4.05. The molecule has 0 radical (unpaired) electrons. The van der Waals surface area contributed by atoms with E-state index in [9.17, 15) is 4.79 Å². The number of aromatic nitrogens is 1. The van der Waals surface area contributed by atoms with Gasteiger partial charge in [-0.3, -0.25) is 4.79 Å². The van der Waals surface area contributed by atoms with Gasteiger partial charge in [0.05, 0.1) is 5.69 Å². The molecule has 3 rings (SSSR count). The number of nitrogens with zero attached hydrogens (tertiary/aromatic N) is 1. The van der Waals surface area contributed by atoms with E-state index in [-0.39, 0.29) is 5.78 Å². The van der Waals surface area contributed by atoms with Crippen molar-refractivity contribution in [2.24, 2.45) is 0 Å². The lowest BCUT2D eigenvalue weighted by Crippen LogP contribution is -2.03. The van der Waals surface area contributed by atoms with Crippen molar-refractivity contribution in [3.8, 4) is 11.4 Å². The molecule has 1 heterocycles. The van der Waals surface area contributed by atoms with E-state index < -0.39 is 0 Å². The quantitative estimate of drug-likeness (QED) is 0.658. The molecule has 3 aromatic rings. The molecule has 3 nitrogen and oxygen atoms in total. The van der Waals surface area contributed by atoms with Crippen LogP contribution >= 0.6 is 0 Å². The van der Waals surface area contributed by atoms with Crippen molar-refractivity contribution >= 4 is 5.78 Å². The van der Waals surface area contributed by atoms with Crippen LogP contribution in [0.4, 0.5) is 0 Å². The molecule has 3 heteroatoms. The van der Waals surface area contributed by atoms with Crippen molar-refractivity contribution in [1.29, 1.82) is 0 Å². The number of rotatable bonds is 5. The number of hydrogen-bond acceptors (Lipinski definition) is 2.